The largest absolute Gasteiger partial charge is 0.466 e. The average molecular weight is 285 g/mol. The van der Waals surface area contributed by atoms with E-state index in [1.165, 1.54) is 12.2 Å². The van der Waals surface area contributed by atoms with E-state index in [0.29, 0.717) is 6.42 Å². The van der Waals surface area contributed by atoms with Gasteiger partial charge in [0.2, 0.25) is 0 Å². The smallest absolute Gasteiger partial charge is 0.311 e. The van der Waals surface area contributed by atoms with Crippen molar-refractivity contribution in [1.29, 1.82) is 0 Å². The van der Waals surface area contributed by atoms with Crippen LogP contribution < -0.4 is 0 Å². The number of imide groups is 1. The Morgan fingerprint density at radius 3 is 2.57 bits per heavy atom. The molecule has 0 saturated carbocycles. The minimum Gasteiger partial charge on any atom is -0.466 e. The fourth-order valence-electron chi connectivity index (χ4n) is 3.04. The van der Waals surface area contributed by atoms with Gasteiger partial charge in [-0.1, -0.05) is 24.3 Å². The molecule has 1 aromatic carbocycles. The molecule has 0 saturated heterocycles. The maximum atomic E-state index is 12.2. The Morgan fingerprint density at radius 2 is 1.90 bits per heavy atom. The number of carbonyl (C=O) groups is 3. The predicted octanol–water partition coefficient (Wildman–Crippen LogP) is 1.39. The van der Waals surface area contributed by atoms with Crippen LogP contribution in [0.5, 0.6) is 0 Å². The van der Waals surface area contributed by atoms with Crippen LogP contribution in [-0.2, 0) is 25.5 Å². The van der Waals surface area contributed by atoms with Gasteiger partial charge < -0.3 is 4.74 Å². The van der Waals surface area contributed by atoms with Crippen molar-refractivity contribution in [3.63, 3.8) is 0 Å². The zero-order chi connectivity index (χ0) is 15.0. The molecule has 5 nitrogen and oxygen atoms in total. The summed E-state index contributed by atoms with van der Waals surface area (Å²) < 4.78 is 5.11. The summed E-state index contributed by atoms with van der Waals surface area (Å²) >= 11 is 0. The zero-order valence-corrected chi connectivity index (χ0v) is 11.6. The molecule has 0 bridgehead atoms. The molecular formula is C16H15NO4. The second-order valence-corrected chi connectivity index (χ2v) is 5.09. The fourth-order valence-corrected chi connectivity index (χ4v) is 3.04. The summed E-state index contributed by atoms with van der Waals surface area (Å²) in [4.78, 5) is 37.3. The lowest BCUT2D eigenvalue weighted by Gasteiger charge is -2.27. The Balaban J connectivity index is 2.01. The lowest BCUT2D eigenvalue weighted by molar-refractivity contribution is -0.152. The number of nitrogens with zero attached hydrogens (tertiary/aromatic N) is 1. The van der Waals surface area contributed by atoms with Crippen LogP contribution in [0.15, 0.2) is 36.4 Å². The van der Waals surface area contributed by atoms with Crippen LogP contribution in [0.25, 0.3) is 0 Å². The van der Waals surface area contributed by atoms with E-state index in [4.69, 9.17) is 4.74 Å². The first-order valence-corrected chi connectivity index (χ1v) is 6.93. The van der Waals surface area contributed by atoms with Crippen LogP contribution in [0.2, 0.25) is 0 Å². The van der Waals surface area contributed by atoms with Gasteiger partial charge in [0, 0.05) is 12.2 Å². The molecular weight excluding hydrogens is 270 g/mol. The number of hydrogen-bond donors (Lipinski definition) is 0. The summed E-state index contributed by atoms with van der Waals surface area (Å²) in [6, 6.07) is 6.93. The van der Waals surface area contributed by atoms with Crippen LogP contribution in [0.4, 0.5) is 0 Å². The fraction of sp³-hybridized carbons (Fsp3) is 0.312. The van der Waals surface area contributed by atoms with Crippen LogP contribution in [0.3, 0.4) is 0 Å². The molecule has 0 aromatic heterocycles. The van der Waals surface area contributed by atoms with Crippen molar-refractivity contribution in [2.24, 2.45) is 5.92 Å². The number of amides is 2. The second-order valence-electron chi connectivity index (χ2n) is 5.09. The topological polar surface area (TPSA) is 63.7 Å². The van der Waals surface area contributed by atoms with E-state index in [2.05, 4.69) is 0 Å². The molecule has 1 aliphatic heterocycles. The van der Waals surface area contributed by atoms with E-state index in [-0.39, 0.29) is 24.4 Å². The third kappa shape index (κ3) is 2.14. The van der Waals surface area contributed by atoms with Gasteiger partial charge in [-0.05, 0) is 24.5 Å². The molecule has 2 amide bonds. The lowest BCUT2D eigenvalue weighted by atomic mass is 9.99. The van der Waals surface area contributed by atoms with Gasteiger partial charge in [-0.2, -0.15) is 0 Å². The number of esters is 1. The number of ether oxygens (including phenoxy) is 1. The normalized spacial score (nSPS) is 23.6. The molecule has 3 rings (SSSR count). The van der Waals surface area contributed by atoms with Gasteiger partial charge in [0.25, 0.3) is 11.8 Å². The van der Waals surface area contributed by atoms with E-state index >= 15 is 0 Å². The second kappa shape index (κ2) is 5.16. The van der Waals surface area contributed by atoms with E-state index in [0.717, 1.165) is 16.0 Å². The molecule has 108 valence electrons. The molecule has 0 N–H and O–H groups in total. The Kier molecular flexibility index (Phi) is 3.33. The van der Waals surface area contributed by atoms with Gasteiger partial charge in [0.05, 0.1) is 18.6 Å². The maximum Gasteiger partial charge on any atom is 0.311 e. The molecule has 1 aromatic rings. The highest BCUT2D eigenvalue weighted by Crippen LogP contribution is 2.42. The summed E-state index contributed by atoms with van der Waals surface area (Å²) in [5, 5.41) is 0. The molecule has 0 fully saturated rings. The molecule has 5 heteroatoms. The Labute approximate surface area is 122 Å². The highest BCUT2D eigenvalue weighted by atomic mass is 16.5. The van der Waals surface area contributed by atoms with Gasteiger partial charge in [-0.25, -0.2) is 0 Å². The Bertz CT molecular complexity index is 631. The van der Waals surface area contributed by atoms with Gasteiger partial charge >= 0.3 is 5.97 Å². The van der Waals surface area contributed by atoms with E-state index in [9.17, 15) is 14.4 Å². The number of rotatable bonds is 3. The number of fused-ring (bicyclic) bond motifs is 1. The summed E-state index contributed by atoms with van der Waals surface area (Å²) in [6.45, 7) is 2.02. The van der Waals surface area contributed by atoms with E-state index < -0.39 is 12.0 Å². The van der Waals surface area contributed by atoms with E-state index in [1.54, 1.807) is 6.92 Å². The molecule has 2 atom stereocenters. The van der Waals surface area contributed by atoms with Crippen molar-refractivity contribution < 1.29 is 19.1 Å². The molecule has 2 aliphatic rings. The highest BCUT2D eigenvalue weighted by molar-refractivity contribution is 6.13. The minimum absolute atomic E-state index is 0.276. The van der Waals surface area contributed by atoms with Crippen molar-refractivity contribution in [2.75, 3.05) is 6.61 Å². The van der Waals surface area contributed by atoms with Crippen molar-refractivity contribution in [2.45, 2.75) is 19.4 Å². The van der Waals surface area contributed by atoms with Gasteiger partial charge in [-0.3, -0.25) is 19.3 Å². The van der Waals surface area contributed by atoms with Gasteiger partial charge in [0.15, 0.2) is 0 Å². The maximum absolute atomic E-state index is 12.2. The third-order valence-corrected chi connectivity index (χ3v) is 3.91. The predicted molar refractivity (Wildman–Crippen MR) is 74.0 cm³/mol. The zero-order valence-electron chi connectivity index (χ0n) is 11.6. The van der Waals surface area contributed by atoms with Gasteiger partial charge in [-0.15, -0.1) is 0 Å². The van der Waals surface area contributed by atoms with Crippen molar-refractivity contribution in [3.05, 3.63) is 47.5 Å². The average Bonchev–Trinajstić information content (AvgIpc) is 3.00. The van der Waals surface area contributed by atoms with E-state index in [1.807, 2.05) is 24.3 Å². The molecule has 0 radical (unpaired) electrons. The quantitative estimate of drug-likeness (QED) is 0.622. The summed E-state index contributed by atoms with van der Waals surface area (Å²) in [5.74, 6) is -1.66. The molecule has 0 spiro atoms. The summed E-state index contributed by atoms with van der Waals surface area (Å²) in [5.41, 5.74) is 1.83. The number of benzene rings is 1. The van der Waals surface area contributed by atoms with Crippen LogP contribution >= 0.6 is 0 Å². The van der Waals surface area contributed by atoms with Crippen LogP contribution in [0.1, 0.15) is 24.1 Å². The standard InChI is InChI=1S/C16H15NO4/c1-2-21-16(20)12-9-10-5-3-4-6-11(10)15(12)17-13(18)7-8-14(17)19/h3-8,12,15H,2,9H2,1H3/t12-,15+/m0/s1. The first kappa shape index (κ1) is 13.5. The number of carbonyl (C=O) groups excluding carboxylic acids is 3. The van der Waals surface area contributed by atoms with Gasteiger partial charge in [0.1, 0.15) is 0 Å². The number of hydrogen-bond acceptors (Lipinski definition) is 4. The SMILES string of the molecule is CCOC(=O)[C@H]1Cc2ccccc2[C@H]1N1C(=O)C=CC1=O. The third-order valence-electron chi connectivity index (χ3n) is 3.91. The lowest BCUT2D eigenvalue weighted by Crippen LogP contribution is -2.39. The molecule has 21 heavy (non-hydrogen) atoms. The Hall–Kier alpha value is -2.43. The molecule has 1 aliphatic carbocycles. The monoisotopic (exact) mass is 285 g/mol. The first-order chi connectivity index (χ1) is 10.1. The Morgan fingerprint density at radius 1 is 1.24 bits per heavy atom. The minimum atomic E-state index is -0.574. The van der Waals surface area contributed by atoms with Crippen LogP contribution in [-0.4, -0.2) is 29.3 Å². The first-order valence-electron chi connectivity index (χ1n) is 6.93. The van der Waals surface area contributed by atoms with Crippen molar-refractivity contribution in [3.8, 4) is 0 Å². The summed E-state index contributed by atoms with van der Waals surface area (Å²) in [7, 11) is 0. The van der Waals surface area contributed by atoms with Crippen LogP contribution in [0, 0.1) is 5.92 Å². The highest BCUT2D eigenvalue weighted by Gasteiger charge is 2.45. The van der Waals surface area contributed by atoms with Crippen molar-refractivity contribution >= 4 is 17.8 Å². The van der Waals surface area contributed by atoms with Crippen molar-refractivity contribution in [1.82, 2.24) is 4.90 Å². The molecule has 1 heterocycles. The summed E-state index contributed by atoms with van der Waals surface area (Å²) in [6.07, 6.45) is 2.97. The molecule has 0 unspecified atom stereocenters.